The largest absolute Gasteiger partial charge is 0.369 e. The van der Waals surface area contributed by atoms with Crippen molar-refractivity contribution in [2.75, 3.05) is 25.0 Å². The predicted octanol–water partition coefficient (Wildman–Crippen LogP) is 3.07. The molecule has 148 valence electrons. The third-order valence-electron chi connectivity index (χ3n) is 4.74. The van der Waals surface area contributed by atoms with Crippen LogP contribution in [0.4, 0.5) is 15.8 Å². The van der Waals surface area contributed by atoms with E-state index in [1.54, 1.807) is 31.3 Å². The molecule has 0 spiro atoms. The molecule has 0 aromatic heterocycles. The second kappa shape index (κ2) is 9.16. The minimum Gasteiger partial charge on any atom is -0.369 e. The molecule has 2 N–H and O–H groups in total. The number of non-ortho nitro benzene ring substituents is 1. The van der Waals surface area contributed by atoms with Crippen molar-refractivity contribution in [2.24, 2.45) is 4.99 Å². The van der Waals surface area contributed by atoms with Crippen molar-refractivity contribution < 1.29 is 9.31 Å². The molecular formula is C20H24FN5O2. The first-order valence-electron chi connectivity index (χ1n) is 9.26. The Balaban J connectivity index is 1.57. The molecule has 0 aliphatic carbocycles. The number of nitro groups is 1. The van der Waals surface area contributed by atoms with Crippen LogP contribution >= 0.6 is 0 Å². The van der Waals surface area contributed by atoms with E-state index in [1.807, 2.05) is 12.1 Å². The van der Waals surface area contributed by atoms with Gasteiger partial charge in [0.15, 0.2) is 5.96 Å². The number of anilines is 1. The zero-order valence-electron chi connectivity index (χ0n) is 15.8. The van der Waals surface area contributed by atoms with E-state index in [0.29, 0.717) is 12.5 Å². The van der Waals surface area contributed by atoms with Gasteiger partial charge in [-0.05, 0) is 36.6 Å². The van der Waals surface area contributed by atoms with Gasteiger partial charge in [-0.15, -0.1) is 0 Å². The third-order valence-corrected chi connectivity index (χ3v) is 4.74. The first-order valence-corrected chi connectivity index (χ1v) is 9.26. The fourth-order valence-electron chi connectivity index (χ4n) is 3.36. The number of benzene rings is 2. The Labute approximate surface area is 163 Å². The van der Waals surface area contributed by atoms with Gasteiger partial charge in [-0.3, -0.25) is 15.1 Å². The van der Waals surface area contributed by atoms with Crippen LogP contribution in [-0.4, -0.2) is 37.1 Å². The first-order chi connectivity index (χ1) is 13.5. The zero-order valence-corrected chi connectivity index (χ0v) is 15.8. The van der Waals surface area contributed by atoms with Crippen molar-refractivity contribution in [3.63, 3.8) is 0 Å². The van der Waals surface area contributed by atoms with E-state index in [2.05, 4.69) is 20.5 Å². The van der Waals surface area contributed by atoms with Gasteiger partial charge in [0.05, 0.1) is 4.92 Å². The highest BCUT2D eigenvalue weighted by atomic mass is 19.1. The predicted molar refractivity (Wildman–Crippen MR) is 108 cm³/mol. The summed E-state index contributed by atoms with van der Waals surface area (Å²) in [6.45, 7) is 2.07. The summed E-state index contributed by atoms with van der Waals surface area (Å²) in [4.78, 5) is 16.9. The highest BCUT2D eigenvalue weighted by Crippen LogP contribution is 2.20. The minimum absolute atomic E-state index is 0.0697. The molecule has 1 fully saturated rings. The molecule has 8 heteroatoms. The lowest BCUT2D eigenvalue weighted by molar-refractivity contribution is -0.384. The summed E-state index contributed by atoms with van der Waals surface area (Å²) >= 11 is 0. The molecule has 0 bridgehead atoms. The zero-order chi connectivity index (χ0) is 19.9. The van der Waals surface area contributed by atoms with Gasteiger partial charge in [0, 0.05) is 50.5 Å². The molecule has 28 heavy (non-hydrogen) atoms. The Kier molecular flexibility index (Phi) is 6.41. The van der Waals surface area contributed by atoms with E-state index in [9.17, 15) is 14.5 Å². The van der Waals surface area contributed by atoms with Crippen molar-refractivity contribution in [3.8, 4) is 0 Å². The monoisotopic (exact) mass is 385 g/mol. The standard InChI is InChI=1S/C20H24FN5O2/c1-22-20(23-13-15-5-2-9-19(11-15)26(27)28)24-17-7-4-10-25(14-17)18-8-3-6-16(21)12-18/h2-3,5-6,8-9,11-12,17H,4,7,10,13-14H2,1H3,(H2,22,23,24). The first kappa shape index (κ1) is 19.6. The molecule has 1 saturated heterocycles. The molecule has 0 radical (unpaired) electrons. The number of guanidine groups is 1. The van der Waals surface area contributed by atoms with Crippen LogP contribution in [0.5, 0.6) is 0 Å². The fourth-order valence-corrected chi connectivity index (χ4v) is 3.36. The lowest BCUT2D eigenvalue weighted by Gasteiger charge is -2.35. The summed E-state index contributed by atoms with van der Waals surface area (Å²) in [6, 6.07) is 13.3. The molecule has 1 aliphatic heterocycles. The van der Waals surface area contributed by atoms with Gasteiger partial charge in [-0.25, -0.2) is 4.39 Å². The van der Waals surface area contributed by atoms with E-state index in [4.69, 9.17) is 0 Å². The number of aliphatic imine (C=N–C) groups is 1. The molecule has 3 rings (SSSR count). The quantitative estimate of drug-likeness (QED) is 0.358. The lowest BCUT2D eigenvalue weighted by atomic mass is 10.0. The molecule has 0 amide bonds. The number of nitrogens with zero attached hydrogens (tertiary/aromatic N) is 3. The molecular weight excluding hydrogens is 361 g/mol. The number of halogens is 1. The van der Waals surface area contributed by atoms with Gasteiger partial charge in [0.1, 0.15) is 5.82 Å². The molecule has 7 nitrogen and oxygen atoms in total. The Morgan fingerprint density at radius 1 is 1.32 bits per heavy atom. The Morgan fingerprint density at radius 3 is 2.89 bits per heavy atom. The Hall–Kier alpha value is -3.16. The molecule has 1 heterocycles. The van der Waals surface area contributed by atoms with Crippen molar-refractivity contribution in [1.82, 2.24) is 10.6 Å². The third kappa shape index (κ3) is 5.18. The lowest BCUT2D eigenvalue weighted by Crippen LogP contribution is -2.51. The maximum Gasteiger partial charge on any atom is 0.269 e. The summed E-state index contributed by atoms with van der Waals surface area (Å²) in [5.74, 6) is 0.402. The van der Waals surface area contributed by atoms with Crippen molar-refractivity contribution in [2.45, 2.75) is 25.4 Å². The van der Waals surface area contributed by atoms with Crippen LogP contribution in [0.2, 0.25) is 0 Å². The highest BCUT2D eigenvalue weighted by molar-refractivity contribution is 5.80. The smallest absolute Gasteiger partial charge is 0.269 e. The summed E-state index contributed by atoms with van der Waals surface area (Å²) < 4.78 is 13.5. The number of nitrogens with one attached hydrogen (secondary N) is 2. The van der Waals surface area contributed by atoms with Gasteiger partial charge in [-0.1, -0.05) is 18.2 Å². The Bertz CT molecular complexity index is 858. The van der Waals surface area contributed by atoms with E-state index >= 15 is 0 Å². The molecule has 2 aromatic carbocycles. The van der Waals surface area contributed by atoms with E-state index in [0.717, 1.165) is 37.2 Å². The van der Waals surface area contributed by atoms with Gasteiger partial charge in [-0.2, -0.15) is 0 Å². The fraction of sp³-hybridized carbons (Fsp3) is 0.350. The van der Waals surface area contributed by atoms with Crippen LogP contribution in [-0.2, 0) is 6.54 Å². The van der Waals surface area contributed by atoms with Gasteiger partial charge < -0.3 is 15.5 Å². The summed E-state index contributed by atoms with van der Waals surface area (Å²) in [5.41, 5.74) is 1.76. The second-order valence-corrected chi connectivity index (χ2v) is 6.76. The minimum atomic E-state index is -0.403. The molecule has 1 unspecified atom stereocenters. The van der Waals surface area contributed by atoms with E-state index < -0.39 is 4.92 Å². The molecule has 1 aliphatic rings. The van der Waals surface area contributed by atoms with Crippen molar-refractivity contribution in [3.05, 3.63) is 70.0 Å². The SMILES string of the molecule is CN=C(NCc1cccc([N+](=O)[O-])c1)NC1CCCN(c2cccc(F)c2)C1. The second-order valence-electron chi connectivity index (χ2n) is 6.76. The molecule has 0 saturated carbocycles. The number of piperidine rings is 1. The van der Waals surface area contributed by atoms with Gasteiger partial charge in [0.2, 0.25) is 0 Å². The Morgan fingerprint density at radius 2 is 2.14 bits per heavy atom. The van der Waals surface area contributed by atoms with Crippen molar-refractivity contribution >= 4 is 17.3 Å². The number of hydrogen-bond donors (Lipinski definition) is 2. The van der Waals surface area contributed by atoms with Crippen LogP contribution in [0.3, 0.4) is 0 Å². The van der Waals surface area contributed by atoms with Crippen molar-refractivity contribution in [1.29, 1.82) is 0 Å². The van der Waals surface area contributed by atoms with Crippen LogP contribution in [0.1, 0.15) is 18.4 Å². The number of rotatable bonds is 5. The summed E-state index contributed by atoms with van der Waals surface area (Å²) in [5, 5.41) is 17.5. The van der Waals surface area contributed by atoms with Crippen LogP contribution in [0, 0.1) is 15.9 Å². The van der Waals surface area contributed by atoms with E-state index in [1.165, 1.54) is 12.1 Å². The summed E-state index contributed by atoms with van der Waals surface area (Å²) in [7, 11) is 1.69. The highest BCUT2D eigenvalue weighted by Gasteiger charge is 2.21. The number of nitro benzene ring substituents is 1. The summed E-state index contributed by atoms with van der Waals surface area (Å²) in [6.07, 6.45) is 1.99. The van der Waals surface area contributed by atoms with E-state index in [-0.39, 0.29) is 17.5 Å². The maximum absolute atomic E-state index is 13.5. The number of hydrogen-bond acceptors (Lipinski definition) is 4. The van der Waals surface area contributed by atoms with Gasteiger partial charge in [0.25, 0.3) is 5.69 Å². The van der Waals surface area contributed by atoms with Crippen LogP contribution in [0.25, 0.3) is 0 Å². The van der Waals surface area contributed by atoms with Crippen LogP contribution in [0.15, 0.2) is 53.5 Å². The average molecular weight is 385 g/mol. The maximum atomic E-state index is 13.5. The molecule has 2 aromatic rings. The normalized spacial score (nSPS) is 17.3. The van der Waals surface area contributed by atoms with Crippen LogP contribution < -0.4 is 15.5 Å². The topological polar surface area (TPSA) is 82.8 Å². The van der Waals surface area contributed by atoms with Gasteiger partial charge >= 0.3 is 0 Å². The average Bonchev–Trinajstić information content (AvgIpc) is 2.71. The molecule has 1 atom stereocenters.